The average molecular weight is 309 g/mol. The van der Waals surface area contributed by atoms with Crippen LogP contribution in [0.1, 0.15) is 22.6 Å². The number of imide groups is 1. The van der Waals surface area contributed by atoms with Gasteiger partial charge in [0.1, 0.15) is 5.25 Å². The smallest absolute Gasteiger partial charge is 0.243 e. The van der Waals surface area contributed by atoms with Gasteiger partial charge in [0.2, 0.25) is 11.8 Å². The Morgan fingerprint density at radius 1 is 0.955 bits per heavy atom. The summed E-state index contributed by atoms with van der Waals surface area (Å²) in [6, 6.07) is 17.7. The molecule has 0 N–H and O–H groups in total. The first-order valence-corrected chi connectivity index (χ1v) is 8.39. The van der Waals surface area contributed by atoms with E-state index in [1.54, 1.807) is 11.8 Å². The number of rotatable bonds is 2. The van der Waals surface area contributed by atoms with Crippen molar-refractivity contribution < 1.29 is 9.59 Å². The Bertz CT molecular complexity index is 744. The first-order valence-electron chi connectivity index (χ1n) is 7.34. The molecule has 2 aliphatic rings. The minimum Gasteiger partial charge on any atom is -0.277 e. The van der Waals surface area contributed by atoms with Gasteiger partial charge in [-0.25, -0.2) is 0 Å². The summed E-state index contributed by atoms with van der Waals surface area (Å²) in [4.78, 5) is 26.9. The number of carbonyl (C=O) groups excluding carboxylic acids is 2. The lowest BCUT2D eigenvalue weighted by Gasteiger charge is -2.23. The van der Waals surface area contributed by atoms with Crippen LogP contribution in [0.5, 0.6) is 0 Å². The minimum atomic E-state index is -0.314. The summed E-state index contributed by atoms with van der Waals surface area (Å²) in [6.45, 7) is 0.369. The number of thioether (sulfide) groups is 1. The molecule has 3 nitrogen and oxygen atoms in total. The number of amides is 2. The van der Waals surface area contributed by atoms with E-state index < -0.39 is 0 Å². The number of hydrogen-bond donors (Lipinski definition) is 0. The molecular formula is C18H15NO2S. The highest BCUT2D eigenvalue weighted by Crippen LogP contribution is 2.45. The molecule has 2 atom stereocenters. The summed E-state index contributed by atoms with van der Waals surface area (Å²) in [5, 5.41) is -0.258. The third kappa shape index (κ3) is 2.06. The van der Waals surface area contributed by atoms with Gasteiger partial charge in [0.25, 0.3) is 0 Å². The Morgan fingerprint density at radius 2 is 1.68 bits per heavy atom. The van der Waals surface area contributed by atoms with Crippen LogP contribution in [0.2, 0.25) is 0 Å². The van der Waals surface area contributed by atoms with E-state index >= 15 is 0 Å². The summed E-state index contributed by atoms with van der Waals surface area (Å²) >= 11 is 1.59. The van der Waals surface area contributed by atoms with Crippen LogP contribution >= 0.6 is 11.8 Å². The van der Waals surface area contributed by atoms with Crippen molar-refractivity contribution in [2.75, 3.05) is 0 Å². The molecule has 0 aliphatic carbocycles. The largest absolute Gasteiger partial charge is 0.277 e. The summed E-state index contributed by atoms with van der Waals surface area (Å²) in [7, 11) is 0. The predicted molar refractivity (Wildman–Crippen MR) is 86.3 cm³/mol. The number of fused-ring (bicyclic) bond motifs is 3. The van der Waals surface area contributed by atoms with E-state index in [0.717, 1.165) is 16.9 Å². The lowest BCUT2D eigenvalue weighted by Crippen LogP contribution is -2.30. The fourth-order valence-corrected chi connectivity index (χ4v) is 4.58. The second-order valence-corrected chi connectivity index (χ2v) is 6.79. The molecule has 4 heteroatoms. The maximum Gasteiger partial charge on any atom is 0.243 e. The normalized spacial score (nSPS) is 23.4. The van der Waals surface area contributed by atoms with E-state index in [1.165, 1.54) is 10.5 Å². The second-order valence-electron chi connectivity index (χ2n) is 5.66. The van der Waals surface area contributed by atoms with Gasteiger partial charge in [-0.3, -0.25) is 14.5 Å². The van der Waals surface area contributed by atoms with Gasteiger partial charge in [0.15, 0.2) is 0 Å². The third-order valence-corrected chi connectivity index (χ3v) is 5.65. The second kappa shape index (κ2) is 5.29. The van der Waals surface area contributed by atoms with E-state index in [1.807, 2.05) is 48.5 Å². The van der Waals surface area contributed by atoms with Gasteiger partial charge in [-0.2, -0.15) is 0 Å². The molecule has 2 amide bonds. The SMILES string of the molecule is O=C1[C@H]2SCc3ccccc3[C@H]2C(=O)N1Cc1ccccc1. The van der Waals surface area contributed by atoms with Gasteiger partial charge in [-0.05, 0) is 16.7 Å². The summed E-state index contributed by atoms with van der Waals surface area (Å²) in [5.74, 6) is 0.387. The van der Waals surface area contributed by atoms with E-state index in [2.05, 4.69) is 6.07 Å². The Labute approximate surface area is 133 Å². The van der Waals surface area contributed by atoms with Gasteiger partial charge in [-0.15, -0.1) is 11.8 Å². The number of hydrogen-bond acceptors (Lipinski definition) is 3. The number of nitrogens with zero attached hydrogens (tertiary/aromatic N) is 1. The van der Waals surface area contributed by atoms with Crippen molar-refractivity contribution >= 4 is 23.6 Å². The van der Waals surface area contributed by atoms with Crippen LogP contribution in [0.3, 0.4) is 0 Å². The molecule has 2 aromatic carbocycles. The molecule has 22 heavy (non-hydrogen) atoms. The third-order valence-electron chi connectivity index (χ3n) is 4.34. The van der Waals surface area contributed by atoms with Gasteiger partial charge < -0.3 is 0 Å². The maximum absolute atomic E-state index is 12.8. The van der Waals surface area contributed by atoms with Crippen LogP contribution in [0, 0.1) is 0 Å². The van der Waals surface area contributed by atoms with Gasteiger partial charge in [-0.1, -0.05) is 54.6 Å². The molecule has 110 valence electrons. The lowest BCUT2D eigenvalue weighted by atomic mass is 9.92. The van der Waals surface area contributed by atoms with Crippen LogP contribution in [0.25, 0.3) is 0 Å². The number of benzene rings is 2. The first-order chi connectivity index (χ1) is 10.8. The molecule has 0 spiro atoms. The fourth-order valence-electron chi connectivity index (χ4n) is 3.24. The first kappa shape index (κ1) is 13.6. The highest BCUT2D eigenvalue weighted by atomic mass is 32.2. The van der Waals surface area contributed by atoms with Crippen molar-refractivity contribution in [2.24, 2.45) is 0 Å². The van der Waals surface area contributed by atoms with Crippen LogP contribution in [-0.4, -0.2) is 22.0 Å². The maximum atomic E-state index is 12.8. The molecule has 0 saturated carbocycles. The quantitative estimate of drug-likeness (QED) is 0.800. The molecule has 2 heterocycles. The van der Waals surface area contributed by atoms with E-state index in [0.29, 0.717) is 6.54 Å². The lowest BCUT2D eigenvalue weighted by molar-refractivity contribution is -0.139. The van der Waals surface area contributed by atoms with Crippen molar-refractivity contribution in [3.05, 3.63) is 71.3 Å². The van der Waals surface area contributed by atoms with E-state index in [4.69, 9.17) is 0 Å². The minimum absolute atomic E-state index is 0.0432. The van der Waals surface area contributed by atoms with Crippen LogP contribution in [-0.2, 0) is 21.9 Å². The summed E-state index contributed by atoms with van der Waals surface area (Å²) in [5.41, 5.74) is 3.19. The summed E-state index contributed by atoms with van der Waals surface area (Å²) in [6.07, 6.45) is 0. The Kier molecular flexibility index (Phi) is 3.26. The van der Waals surface area contributed by atoms with E-state index in [9.17, 15) is 9.59 Å². The van der Waals surface area contributed by atoms with Gasteiger partial charge in [0.05, 0.1) is 12.5 Å². The van der Waals surface area contributed by atoms with Crippen LogP contribution < -0.4 is 0 Å². The molecule has 4 rings (SSSR count). The molecule has 0 unspecified atom stereocenters. The fraction of sp³-hybridized carbons (Fsp3) is 0.222. The molecule has 2 aliphatic heterocycles. The summed E-state index contributed by atoms with van der Waals surface area (Å²) < 4.78 is 0. The molecular weight excluding hydrogens is 294 g/mol. The number of carbonyl (C=O) groups is 2. The zero-order chi connectivity index (χ0) is 15.1. The van der Waals surface area contributed by atoms with Crippen molar-refractivity contribution in [1.82, 2.24) is 4.90 Å². The van der Waals surface area contributed by atoms with Crippen LogP contribution in [0.4, 0.5) is 0 Å². The number of likely N-dealkylation sites (tertiary alicyclic amines) is 1. The van der Waals surface area contributed by atoms with E-state index in [-0.39, 0.29) is 23.0 Å². The van der Waals surface area contributed by atoms with Crippen molar-refractivity contribution in [2.45, 2.75) is 23.5 Å². The molecule has 0 aromatic heterocycles. The van der Waals surface area contributed by atoms with Gasteiger partial charge in [0, 0.05) is 5.75 Å². The zero-order valence-electron chi connectivity index (χ0n) is 11.9. The van der Waals surface area contributed by atoms with Crippen LogP contribution in [0.15, 0.2) is 54.6 Å². The zero-order valence-corrected chi connectivity index (χ0v) is 12.8. The standard InChI is InChI=1S/C18H15NO2S/c20-17-15-14-9-5-4-8-13(14)11-22-16(15)18(21)19(17)10-12-6-2-1-3-7-12/h1-9,15-16H,10-11H2/t15-,16+/m1/s1. The molecule has 2 aromatic rings. The Morgan fingerprint density at radius 3 is 2.50 bits per heavy atom. The van der Waals surface area contributed by atoms with Crippen molar-refractivity contribution in [3.8, 4) is 0 Å². The monoisotopic (exact) mass is 309 g/mol. The average Bonchev–Trinajstić information content (AvgIpc) is 2.81. The molecule has 0 bridgehead atoms. The Hall–Kier alpha value is -2.07. The Balaban J connectivity index is 1.68. The molecule has 1 saturated heterocycles. The highest BCUT2D eigenvalue weighted by Gasteiger charge is 2.50. The molecule has 1 fully saturated rings. The van der Waals surface area contributed by atoms with Crippen molar-refractivity contribution in [3.63, 3.8) is 0 Å². The molecule has 0 radical (unpaired) electrons. The van der Waals surface area contributed by atoms with Crippen molar-refractivity contribution in [1.29, 1.82) is 0 Å². The van der Waals surface area contributed by atoms with Gasteiger partial charge >= 0.3 is 0 Å². The highest BCUT2D eigenvalue weighted by molar-refractivity contribution is 8.00. The topological polar surface area (TPSA) is 37.4 Å². The predicted octanol–water partition coefficient (Wildman–Crippen LogP) is 2.95.